The molecule has 1 N–H and O–H groups in total. The van der Waals surface area contributed by atoms with Gasteiger partial charge in [-0.05, 0) is 25.0 Å². The Kier molecular flexibility index (Phi) is 4.60. The first-order valence-electron chi connectivity index (χ1n) is 8.06. The second-order valence-corrected chi connectivity index (χ2v) is 5.84. The monoisotopic (exact) mass is 314 g/mol. The molecule has 1 saturated heterocycles. The van der Waals surface area contributed by atoms with Gasteiger partial charge in [-0.2, -0.15) is 5.10 Å². The van der Waals surface area contributed by atoms with Crippen molar-refractivity contribution in [3.63, 3.8) is 0 Å². The van der Waals surface area contributed by atoms with Gasteiger partial charge in [-0.15, -0.1) is 0 Å². The van der Waals surface area contributed by atoms with E-state index >= 15 is 0 Å². The van der Waals surface area contributed by atoms with Gasteiger partial charge in [-0.1, -0.05) is 25.1 Å². The lowest BCUT2D eigenvalue weighted by Crippen LogP contribution is -2.56. The zero-order valence-corrected chi connectivity index (χ0v) is 13.6. The van der Waals surface area contributed by atoms with Crippen LogP contribution in [0.2, 0.25) is 0 Å². The molecule has 3 rings (SSSR count). The molecule has 0 aliphatic carbocycles. The Labute approximate surface area is 135 Å². The number of hydrogen-bond acceptors (Lipinski definition) is 4. The van der Waals surface area contributed by atoms with Crippen LogP contribution in [0, 0.1) is 6.92 Å². The molecule has 2 aromatic rings. The average Bonchev–Trinajstić information content (AvgIpc) is 2.94. The van der Waals surface area contributed by atoms with E-state index in [1.165, 1.54) is 5.56 Å². The van der Waals surface area contributed by atoms with Crippen molar-refractivity contribution < 1.29 is 9.53 Å². The Bertz CT molecular complexity index is 677. The zero-order chi connectivity index (χ0) is 16.2. The van der Waals surface area contributed by atoms with Crippen LogP contribution in [0.15, 0.2) is 24.3 Å². The molecule has 1 aromatic heterocycles. The minimum Gasteiger partial charge on any atom is -0.486 e. The number of benzene rings is 1. The molecule has 2 heterocycles. The van der Waals surface area contributed by atoms with E-state index in [2.05, 4.69) is 28.2 Å². The Morgan fingerprint density at radius 2 is 2.17 bits per heavy atom. The van der Waals surface area contributed by atoms with Gasteiger partial charge in [0.1, 0.15) is 17.7 Å². The molecule has 0 spiro atoms. The number of para-hydroxylation sites is 1. The molecule has 0 saturated carbocycles. The van der Waals surface area contributed by atoms with Gasteiger partial charge in [0.25, 0.3) is 0 Å². The van der Waals surface area contributed by atoms with Gasteiger partial charge < -0.3 is 9.64 Å². The molecule has 1 aliphatic heterocycles. The first-order valence-corrected chi connectivity index (χ1v) is 8.06. The van der Waals surface area contributed by atoms with E-state index in [9.17, 15) is 4.79 Å². The summed E-state index contributed by atoms with van der Waals surface area (Å²) in [4.78, 5) is 18.2. The summed E-state index contributed by atoms with van der Waals surface area (Å²) < 4.78 is 6.00. The fourth-order valence-corrected chi connectivity index (χ4v) is 2.68. The highest BCUT2D eigenvalue weighted by Crippen LogP contribution is 2.23. The van der Waals surface area contributed by atoms with E-state index in [0.717, 1.165) is 18.0 Å². The summed E-state index contributed by atoms with van der Waals surface area (Å²) in [5, 5.41) is 6.84. The van der Waals surface area contributed by atoms with Gasteiger partial charge in [-0.25, -0.2) is 4.98 Å². The van der Waals surface area contributed by atoms with Crippen molar-refractivity contribution in [1.82, 2.24) is 20.1 Å². The summed E-state index contributed by atoms with van der Waals surface area (Å²) >= 11 is 0. The van der Waals surface area contributed by atoms with Crippen molar-refractivity contribution in [2.75, 3.05) is 13.1 Å². The van der Waals surface area contributed by atoms with Crippen LogP contribution in [0.4, 0.5) is 0 Å². The minimum absolute atomic E-state index is 0.0948. The molecule has 1 fully saturated rings. The lowest BCUT2D eigenvalue weighted by molar-refractivity contribution is -0.140. The predicted molar refractivity (Wildman–Crippen MR) is 86.3 cm³/mol. The van der Waals surface area contributed by atoms with E-state index in [4.69, 9.17) is 4.74 Å². The number of aromatic amines is 1. The highest BCUT2D eigenvalue weighted by atomic mass is 16.5. The molecule has 122 valence electrons. The van der Waals surface area contributed by atoms with Gasteiger partial charge >= 0.3 is 0 Å². The zero-order valence-electron chi connectivity index (χ0n) is 13.6. The Hall–Kier alpha value is -2.37. The number of H-pyrrole nitrogens is 1. The number of nitrogens with one attached hydrogen (secondary N) is 1. The van der Waals surface area contributed by atoms with E-state index in [-0.39, 0.29) is 12.0 Å². The predicted octanol–water partition coefficient (Wildman–Crippen LogP) is 1.90. The van der Waals surface area contributed by atoms with Gasteiger partial charge in [0, 0.05) is 12.8 Å². The van der Waals surface area contributed by atoms with Crippen LogP contribution < -0.4 is 4.74 Å². The third-order valence-corrected chi connectivity index (χ3v) is 4.05. The van der Waals surface area contributed by atoms with Gasteiger partial charge in [0.2, 0.25) is 5.91 Å². The standard InChI is InChI=1S/C17H22N4O2/c1-3-13-6-4-5-7-15(13)23-14-10-21(11-14)17(22)9-8-16-18-12(2)19-20-16/h4-7,14H,3,8-11H2,1-2H3,(H,18,19,20). The molecule has 0 atom stereocenters. The maximum atomic E-state index is 12.1. The highest BCUT2D eigenvalue weighted by Gasteiger charge is 2.32. The van der Waals surface area contributed by atoms with Gasteiger partial charge in [0.15, 0.2) is 5.82 Å². The van der Waals surface area contributed by atoms with Crippen LogP contribution in [0.1, 0.15) is 30.6 Å². The van der Waals surface area contributed by atoms with Crippen LogP contribution in [0.5, 0.6) is 5.75 Å². The number of carbonyl (C=O) groups excluding carboxylic acids is 1. The first kappa shape index (κ1) is 15.5. The maximum absolute atomic E-state index is 12.1. The Morgan fingerprint density at radius 1 is 1.39 bits per heavy atom. The summed E-state index contributed by atoms with van der Waals surface area (Å²) in [5.74, 6) is 2.54. The Balaban J connectivity index is 1.44. The van der Waals surface area contributed by atoms with Crippen LogP contribution in [0.25, 0.3) is 0 Å². The average molecular weight is 314 g/mol. The van der Waals surface area contributed by atoms with Crippen molar-refractivity contribution in [2.24, 2.45) is 0 Å². The van der Waals surface area contributed by atoms with Crippen molar-refractivity contribution in [3.8, 4) is 5.75 Å². The van der Waals surface area contributed by atoms with Crippen molar-refractivity contribution in [2.45, 2.75) is 39.2 Å². The van der Waals surface area contributed by atoms with Crippen LogP contribution >= 0.6 is 0 Å². The number of amides is 1. The number of rotatable bonds is 6. The number of aryl methyl sites for hydroxylation is 3. The normalized spacial score (nSPS) is 14.6. The molecular weight excluding hydrogens is 292 g/mol. The third kappa shape index (κ3) is 3.70. The third-order valence-electron chi connectivity index (χ3n) is 4.05. The fourth-order valence-electron chi connectivity index (χ4n) is 2.68. The molecule has 1 aromatic carbocycles. The minimum atomic E-state index is 0.0948. The fraction of sp³-hybridized carbons (Fsp3) is 0.471. The van der Waals surface area contributed by atoms with E-state index in [1.807, 2.05) is 30.0 Å². The van der Waals surface area contributed by atoms with Crippen LogP contribution in [-0.2, 0) is 17.6 Å². The summed E-state index contributed by atoms with van der Waals surface area (Å²) in [6, 6.07) is 8.08. The molecule has 6 nitrogen and oxygen atoms in total. The van der Waals surface area contributed by atoms with Crippen molar-refractivity contribution in [1.29, 1.82) is 0 Å². The van der Waals surface area contributed by atoms with Crippen LogP contribution in [0.3, 0.4) is 0 Å². The second kappa shape index (κ2) is 6.81. The number of nitrogens with zero attached hydrogens (tertiary/aromatic N) is 3. The van der Waals surface area contributed by atoms with E-state index < -0.39 is 0 Å². The number of hydrogen-bond donors (Lipinski definition) is 1. The molecule has 23 heavy (non-hydrogen) atoms. The summed E-state index contributed by atoms with van der Waals surface area (Å²) in [6.45, 7) is 5.28. The summed E-state index contributed by atoms with van der Waals surface area (Å²) in [6.07, 6.45) is 2.05. The smallest absolute Gasteiger partial charge is 0.223 e. The largest absolute Gasteiger partial charge is 0.486 e. The molecule has 6 heteroatoms. The SMILES string of the molecule is CCc1ccccc1OC1CN(C(=O)CCc2n[nH]c(C)n2)C1. The number of carbonyl (C=O) groups is 1. The van der Waals surface area contributed by atoms with Crippen molar-refractivity contribution in [3.05, 3.63) is 41.5 Å². The summed E-state index contributed by atoms with van der Waals surface area (Å²) in [7, 11) is 0. The molecule has 0 bridgehead atoms. The van der Waals surface area contributed by atoms with E-state index in [0.29, 0.717) is 31.8 Å². The quantitative estimate of drug-likeness (QED) is 0.884. The highest BCUT2D eigenvalue weighted by molar-refractivity contribution is 5.77. The molecular formula is C17H22N4O2. The summed E-state index contributed by atoms with van der Waals surface area (Å²) in [5.41, 5.74) is 1.21. The molecule has 0 unspecified atom stereocenters. The number of aromatic nitrogens is 3. The van der Waals surface area contributed by atoms with Gasteiger partial charge in [0.05, 0.1) is 13.1 Å². The molecule has 1 aliphatic rings. The lowest BCUT2D eigenvalue weighted by atomic mass is 10.1. The maximum Gasteiger partial charge on any atom is 0.223 e. The van der Waals surface area contributed by atoms with Crippen LogP contribution in [-0.4, -0.2) is 45.2 Å². The molecule has 0 radical (unpaired) electrons. The lowest BCUT2D eigenvalue weighted by Gasteiger charge is -2.39. The topological polar surface area (TPSA) is 71.1 Å². The first-order chi connectivity index (χ1) is 11.2. The Morgan fingerprint density at radius 3 is 2.87 bits per heavy atom. The van der Waals surface area contributed by atoms with Crippen molar-refractivity contribution >= 4 is 5.91 Å². The number of likely N-dealkylation sites (tertiary alicyclic amines) is 1. The molecule has 1 amide bonds. The van der Waals surface area contributed by atoms with Gasteiger partial charge in [-0.3, -0.25) is 9.89 Å². The number of ether oxygens (including phenoxy) is 1. The second-order valence-electron chi connectivity index (χ2n) is 5.84. The van der Waals surface area contributed by atoms with E-state index in [1.54, 1.807) is 0 Å².